The van der Waals surface area contributed by atoms with E-state index in [1.54, 1.807) is 18.2 Å². The number of nitrogens with zero attached hydrogens (tertiary/aromatic N) is 2. The van der Waals surface area contributed by atoms with E-state index in [0.29, 0.717) is 19.1 Å². The van der Waals surface area contributed by atoms with Crippen molar-refractivity contribution in [2.24, 2.45) is 5.92 Å². The molecule has 0 radical (unpaired) electrons. The van der Waals surface area contributed by atoms with Crippen LogP contribution in [-0.2, 0) is 17.7 Å². The Morgan fingerprint density at radius 1 is 1.00 bits per heavy atom. The smallest absolute Gasteiger partial charge is 0.329 e. The second kappa shape index (κ2) is 12.9. The number of benzene rings is 2. The first kappa shape index (κ1) is 26.3. The third kappa shape index (κ3) is 6.41. The fraction of sp³-hybridized carbons (Fsp3) is 0.567. The van der Waals surface area contributed by atoms with Gasteiger partial charge in [0.1, 0.15) is 0 Å². The molecule has 0 aliphatic heterocycles. The zero-order valence-corrected chi connectivity index (χ0v) is 21.9. The summed E-state index contributed by atoms with van der Waals surface area (Å²) in [6.45, 7) is 10.2. The largest absolute Gasteiger partial charge is 0.383 e. The molecule has 4 nitrogen and oxygen atoms in total. The highest BCUT2D eigenvalue weighted by atomic mass is 16.5. The van der Waals surface area contributed by atoms with Crippen molar-refractivity contribution in [3.05, 3.63) is 70.1 Å². The van der Waals surface area contributed by atoms with Crippen LogP contribution in [0.5, 0.6) is 0 Å². The summed E-state index contributed by atoms with van der Waals surface area (Å²) in [4.78, 5) is 13.0. The first-order valence-electron chi connectivity index (χ1n) is 13.2. The van der Waals surface area contributed by atoms with Gasteiger partial charge in [0.05, 0.1) is 24.2 Å². The maximum atomic E-state index is 13.0. The van der Waals surface area contributed by atoms with Crippen LogP contribution < -0.4 is 5.69 Å². The zero-order chi connectivity index (χ0) is 24.5. The topological polar surface area (TPSA) is 36.2 Å². The zero-order valence-electron chi connectivity index (χ0n) is 21.9. The van der Waals surface area contributed by atoms with E-state index in [-0.39, 0.29) is 11.7 Å². The Bertz CT molecular complexity index is 1080. The number of para-hydroxylation sites is 2. The molecule has 0 fully saturated rings. The lowest BCUT2D eigenvalue weighted by Crippen LogP contribution is -2.28. The first-order valence-corrected chi connectivity index (χ1v) is 13.2. The van der Waals surface area contributed by atoms with E-state index < -0.39 is 0 Å². The predicted octanol–water partition coefficient (Wildman–Crippen LogP) is 7.35. The van der Waals surface area contributed by atoms with Crippen LogP contribution in [0.2, 0.25) is 0 Å². The third-order valence-electron chi connectivity index (χ3n) is 7.12. The van der Waals surface area contributed by atoms with Crippen LogP contribution in [0.4, 0.5) is 0 Å². The van der Waals surface area contributed by atoms with Crippen molar-refractivity contribution >= 4 is 11.0 Å². The molecule has 0 N–H and O–H groups in total. The number of ether oxygens (including phenoxy) is 1. The van der Waals surface area contributed by atoms with E-state index in [0.717, 1.165) is 42.6 Å². The lowest BCUT2D eigenvalue weighted by atomic mass is 9.84. The van der Waals surface area contributed by atoms with E-state index >= 15 is 0 Å². The lowest BCUT2D eigenvalue weighted by Gasteiger charge is -2.21. The number of rotatable bonds is 9. The Balaban J connectivity index is 0.000000243. The van der Waals surface area contributed by atoms with Gasteiger partial charge in [-0.15, -0.1) is 0 Å². The highest BCUT2D eigenvalue weighted by Crippen LogP contribution is 2.30. The van der Waals surface area contributed by atoms with E-state index in [1.165, 1.54) is 19.3 Å². The SMILES string of the molecule is CC1CCCc2ccccc21.CCCC(CCC(C)C)n1c(=O)n(CCOC)c2ccccc21. The van der Waals surface area contributed by atoms with Crippen molar-refractivity contribution in [2.45, 2.75) is 91.1 Å². The maximum Gasteiger partial charge on any atom is 0.329 e. The maximum absolute atomic E-state index is 13.0. The van der Waals surface area contributed by atoms with Gasteiger partial charge in [0, 0.05) is 13.2 Å². The van der Waals surface area contributed by atoms with Gasteiger partial charge in [-0.05, 0) is 73.6 Å². The third-order valence-corrected chi connectivity index (χ3v) is 7.12. The van der Waals surface area contributed by atoms with Crippen LogP contribution in [0.15, 0.2) is 53.3 Å². The molecule has 1 aliphatic rings. The molecule has 0 saturated carbocycles. The van der Waals surface area contributed by atoms with Gasteiger partial charge in [-0.3, -0.25) is 9.13 Å². The molecule has 0 saturated heterocycles. The minimum Gasteiger partial charge on any atom is -0.383 e. The van der Waals surface area contributed by atoms with Gasteiger partial charge < -0.3 is 4.74 Å². The molecule has 2 atom stereocenters. The van der Waals surface area contributed by atoms with Gasteiger partial charge in [-0.1, -0.05) is 70.5 Å². The van der Waals surface area contributed by atoms with Gasteiger partial charge >= 0.3 is 5.69 Å². The summed E-state index contributed by atoms with van der Waals surface area (Å²) in [6.07, 6.45) is 8.38. The molecule has 2 aromatic carbocycles. The Kier molecular flexibility index (Phi) is 10.0. The standard InChI is InChI=1S/C19H30N2O2.C11H14/c1-5-8-16(12-11-15(2)3)21-18-10-7-6-9-17(18)20(19(21)22)13-14-23-4;1-9-5-4-7-10-6-2-3-8-11(9)10/h6-7,9-10,15-16H,5,8,11-14H2,1-4H3;2-3,6,8-9H,4-5,7H2,1H3. The number of hydrogen-bond acceptors (Lipinski definition) is 2. The molecule has 1 aliphatic carbocycles. The van der Waals surface area contributed by atoms with E-state index in [1.807, 2.05) is 27.3 Å². The average Bonchev–Trinajstić information content (AvgIpc) is 3.12. The molecule has 1 aromatic heterocycles. The molecule has 2 unspecified atom stereocenters. The predicted molar refractivity (Wildman–Crippen MR) is 144 cm³/mol. The van der Waals surface area contributed by atoms with Crippen molar-refractivity contribution < 1.29 is 4.74 Å². The number of aryl methyl sites for hydroxylation is 1. The summed E-state index contributed by atoms with van der Waals surface area (Å²) in [6, 6.07) is 17.3. The van der Waals surface area contributed by atoms with Crippen LogP contribution in [-0.4, -0.2) is 22.9 Å². The molecule has 0 spiro atoms. The number of aromatic nitrogens is 2. The van der Waals surface area contributed by atoms with Gasteiger partial charge in [-0.25, -0.2) is 4.79 Å². The second-order valence-corrected chi connectivity index (χ2v) is 10.2. The molecule has 186 valence electrons. The highest BCUT2D eigenvalue weighted by Gasteiger charge is 2.20. The number of hydrogen-bond donors (Lipinski definition) is 0. The number of fused-ring (bicyclic) bond motifs is 2. The summed E-state index contributed by atoms with van der Waals surface area (Å²) in [5.41, 5.74) is 5.33. The molecule has 34 heavy (non-hydrogen) atoms. The van der Waals surface area contributed by atoms with Gasteiger partial charge in [0.25, 0.3) is 0 Å². The van der Waals surface area contributed by atoms with E-state index in [4.69, 9.17) is 4.74 Å². The van der Waals surface area contributed by atoms with Gasteiger partial charge in [-0.2, -0.15) is 0 Å². The summed E-state index contributed by atoms with van der Waals surface area (Å²) >= 11 is 0. The minimum atomic E-state index is 0.102. The van der Waals surface area contributed by atoms with Crippen LogP contribution in [0.3, 0.4) is 0 Å². The van der Waals surface area contributed by atoms with Crippen molar-refractivity contribution in [3.63, 3.8) is 0 Å². The summed E-state index contributed by atoms with van der Waals surface area (Å²) in [5.74, 6) is 1.45. The van der Waals surface area contributed by atoms with E-state index in [2.05, 4.69) is 58.0 Å². The molecule has 3 aromatic rings. The molecule has 4 heteroatoms. The average molecular weight is 465 g/mol. The fourth-order valence-electron chi connectivity index (χ4n) is 5.24. The quantitative estimate of drug-likeness (QED) is 0.332. The molecule has 4 rings (SSSR count). The highest BCUT2D eigenvalue weighted by molar-refractivity contribution is 5.76. The minimum absolute atomic E-state index is 0.102. The van der Waals surface area contributed by atoms with Crippen molar-refractivity contribution in [1.82, 2.24) is 9.13 Å². The molecule has 0 bridgehead atoms. The van der Waals surface area contributed by atoms with E-state index in [9.17, 15) is 4.79 Å². The second-order valence-electron chi connectivity index (χ2n) is 10.2. The molecule has 1 heterocycles. The van der Waals surface area contributed by atoms with Crippen molar-refractivity contribution in [2.75, 3.05) is 13.7 Å². The Hall–Kier alpha value is -2.33. The summed E-state index contributed by atoms with van der Waals surface area (Å²) in [5, 5.41) is 0. The van der Waals surface area contributed by atoms with Gasteiger partial charge in [0.2, 0.25) is 0 Å². The van der Waals surface area contributed by atoms with Crippen LogP contribution in [0.25, 0.3) is 11.0 Å². The van der Waals surface area contributed by atoms with Crippen LogP contribution in [0.1, 0.15) is 89.3 Å². The number of methoxy groups -OCH3 is 1. The Morgan fingerprint density at radius 3 is 2.38 bits per heavy atom. The lowest BCUT2D eigenvalue weighted by molar-refractivity contribution is 0.187. The summed E-state index contributed by atoms with van der Waals surface area (Å²) in [7, 11) is 1.67. The molecular formula is C30H44N2O2. The van der Waals surface area contributed by atoms with Crippen LogP contribution in [0, 0.1) is 5.92 Å². The molecule has 0 amide bonds. The van der Waals surface area contributed by atoms with Crippen molar-refractivity contribution in [1.29, 1.82) is 0 Å². The Morgan fingerprint density at radius 2 is 1.71 bits per heavy atom. The van der Waals surface area contributed by atoms with Gasteiger partial charge in [0.15, 0.2) is 0 Å². The monoisotopic (exact) mass is 464 g/mol. The number of imidazole rings is 1. The first-order chi connectivity index (χ1) is 16.5. The fourth-order valence-corrected chi connectivity index (χ4v) is 5.24. The Labute approximate surface area is 205 Å². The summed E-state index contributed by atoms with van der Waals surface area (Å²) < 4.78 is 9.06. The molecular weight excluding hydrogens is 420 g/mol. The normalized spacial score (nSPS) is 16.2. The van der Waals surface area contributed by atoms with Crippen molar-refractivity contribution in [3.8, 4) is 0 Å². The van der Waals surface area contributed by atoms with Crippen LogP contribution >= 0.6 is 0 Å².